The second-order valence-corrected chi connectivity index (χ2v) is 4.69. The molecule has 0 saturated heterocycles. The molecule has 0 aliphatic heterocycles. The van der Waals surface area contributed by atoms with E-state index < -0.39 is 23.8 Å². The van der Waals surface area contributed by atoms with E-state index in [0.717, 1.165) is 5.56 Å². The Labute approximate surface area is 122 Å². The quantitative estimate of drug-likeness (QED) is 0.856. The number of carboxylic acids is 1. The van der Waals surface area contributed by atoms with Gasteiger partial charge in [0, 0.05) is 0 Å². The highest BCUT2D eigenvalue weighted by Crippen LogP contribution is 2.25. The van der Waals surface area contributed by atoms with Crippen molar-refractivity contribution >= 4 is 11.9 Å². The van der Waals surface area contributed by atoms with E-state index in [1.165, 1.54) is 6.26 Å². The second-order valence-electron chi connectivity index (χ2n) is 4.69. The van der Waals surface area contributed by atoms with Crippen molar-refractivity contribution < 1.29 is 19.1 Å². The average molecular weight is 287 g/mol. The molecule has 1 aromatic heterocycles. The van der Waals surface area contributed by atoms with Crippen LogP contribution < -0.4 is 5.32 Å². The number of hydrogen-bond acceptors (Lipinski definition) is 3. The zero-order chi connectivity index (χ0) is 15.2. The van der Waals surface area contributed by atoms with Crippen molar-refractivity contribution in [2.24, 2.45) is 5.92 Å². The minimum Gasteiger partial charge on any atom is -0.481 e. The molecule has 0 saturated carbocycles. The Morgan fingerprint density at radius 2 is 1.90 bits per heavy atom. The summed E-state index contributed by atoms with van der Waals surface area (Å²) in [6.07, 6.45) is 1.81. The van der Waals surface area contributed by atoms with Gasteiger partial charge in [0.15, 0.2) is 5.76 Å². The van der Waals surface area contributed by atoms with Crippen LogP contribution in [0.3, 0.4) is 0 Å². The van der Waals surface area contributed by atoms with Gasteiger partial charge in [-0.2, -0.15) is 0 Å². The summed E-state index contributed by atoms with van der Waals surface area (Å²) in [5, 5.41) is 12.1. The van der Waals surface area contributed by atoms with Crippen LogP contribution in [-0.4, -0.2) is 17.0 Å². The summed E-state index contributed by atoms with van der Waals surface area (Å²) < 4.78 is 5.05. The van der Waals surface area contributed by atoms with E-state index in [1.807, 2.05) is 18.2 Å². The van der Waals surface area contributed by atoms with Crippen LogP contribution in [0.1, 0.15) is 35.5 Å². The van der Waals surface area contributed by atoms with E-state index in [-0.39, 0.29) is 5.76 Å². The van der Waals surface area contributed by atoms with Gasteiger partial charge < -0.3 is 14.8 Å². The molecular weight excluding hydrogens is 270 g/mol. The van der Waals surface area contributed by atoms with Gasteiger partial charge in [0.05, 0.1) is 18.2 Å². The molecule has 1 heterocycles. The Bertz CT molecular complexity index is 592. The number of benzene rings is 1. The highest BCUT2D eigenvalue weighted by molar-refractivity contribution is 5.92. The van der Waals surface area contributed by atoms with E-state index in [9.17, 15) is 14.7 Å². The van der Waals surface area contributed by atoms with Gasteiger partial charge in [0.2, 0.25) is 0 Å². The van der Waals surface area contributed by atoms with Crippen LogP contribution in [0.2, 0.25) is 0 Å². The molecule has 110 valence electrons. The second kappa shape index (κ2) is 6.74. The van der Waals surface area contributed by atoms with Crippen molar-refractivity contribution in [1.29, 1.82) is 0 Å². The van der Waals surface area contributed by atoms with Gasteiger partial charge >= 0.3 is 5.97 Å². The molecule has 1 aromatic carbocycles. The number of carbonyl (C=O) groups is 2. The monoisotopic (exact) mass is 287 g/mol. The van der Waals surface area contributed by atoms with Crippen LogP contribution in [0.25, 0.3) is 0 Å². The molecule has 0 radical (unpaired) electrons. The summed E-state index contributed by atoms with van der Waals surface area (Å²) in [6, 6.07) is 11.6. The van der Waals surface area contributed by atoms with E-state index in [4.69, 9.17) is 4.42 Å². The van der Waals surface area contributed by atoms with Gasteiger partial charge in [0.1, 0.15) is 0 Å². The van der Waals surface area contributed by atoms with Crippen molar-refractivity contribution in [2.45, 2.75) is 19.4 Å². The van der Waals surface area contributed by atoms with E-state index in [1.54, 1.807) is 31.2 Å². The summed E-state index contributed by atoms with van der Waals surface area (Å²) in [7, 11) is 0. The summed E-state index contributed by atoms with van der Waals surface area (Å²) >= 11 is 0. The number of carboxylic acid groups (broad SMARTS) is 1. The van der Waals surface area contributed by atoms with Crippen LogP contribution >= 0.6 is 0 Å². The maximum absolute atomic E-state index is 12.1. The number of amides is 1. The fraction of sp³-hybridized carbons (Fsp3) is 0.250. The SMILES string of the molecule is CC[C@@H](C(=O)O)C(NC(=O)c1ccco1)c1ccccc1. The van der Waals surface area contributed by atoms with Crippen molar-refractivity contribution in [2.75, 3.05) is 0 Å². The molecule has 2 N–H and O–H groups in total. The first kappa shape index (κ1) is 14.8. The predicted molar refractivity (Wildman–Crippen MR) is 76.8 cm³/mol. The van der Waals surface area contributed by atoms with Gasteiger partial charge in [-0.15, -0.1) is 0 Å². The Morgan fingerprint density at radius 1 is 1.19 bits per heavy atom. The van der Waals surface area contributed by atoms with Crippen molar-refractivity contribution in [1.82, 2.24) is 5.32 Å². The average Bonchev–Trinajstić information content (AvgIpc) is 3.01. The molecule has 2 rings (SSSR count). The number of hydrogen-bond donors (Lipinski definition) is 2. The fourth-order valence-corrected chi connectivity index (χ4v) is 2.25. The molecule has 1 amide bonds. The number of carbonyl (C=O) groups excluding carboxylic acids is 1. The lowest BCUT2D eigenvalue weighted by molar-refractivity contribution is -0.142. The van der Waals surface area contributed by atoms with Crippen molar-refractivity contribution in [3.8, 4) is 0 Å². The van der Waals surface area contributed by atoms with Gasteiger partial charge in [0.25, 0.3) is 5.91 Å². The van der Waals surface area contributed by atoms with Gasteiger partial charge in [-0.25, -0.2) is 0 Å². The summed E-state index contributed by atoms with van der Waals surface area (Å²) in [5.41, 5.74) is 0.756. The minimum atomic E-state index is -0.939. The summed E-state index contributed by atoms with van der Waals surface area (Å²) in [4.78, 5) is 23.6. The largest absolute Gasteiger partial charge is 0.481 e. The Hall–Kier alpha value is -2.56. The number of rotatable bonds is 6. The standard InChI is InChI=1S/C16H17NO4/c1-2-12(16(19)20)14(11-7-4-3-5-8-11)17-15(18)13-9-6-10-21-13/h3-10,12,14H,2H2,1H3,(H,17,18)(H,19,20)/t12-,14?/m1/s1. The number of furan rings is 1. The highest BCUT2D eigenvalue weighted by Gasteiger charge is 2.30. The highest BCUT2D eigenvalue weighted by atomic mass is 16.4. The van der Waals surface area contributed by atoms with E-state index in [0.29, 0.717) is 6.42 Å². The van der Waals surface area contributed by atoms with Crippen molar-refractivity contribution in [3.05, 3.63) is 60.1 Å². The molecule has 0 bridgehead atoms. The van der Waals surface area contributed by atoms with Crippen LogP contribution in [-0.2, 0) is 4.79 Å². The predicted octanol–water partition coefficient (Wildman–Crippen LogP) is 2.86. The zero-order valence-electron chi connectivity index (χ0n) is 11.7. The Balaban J connectivity index is 2.28. The fourth-order valence-electron chi connectivity index (χ4n) is 2.25. The molecule has 5 nitrogen and oxygen atoms in total. The lowest BCUT2D eigenvalue weighted by atomic mass is 9.90. The lowest BCUT2D eigenvalue weighted by Crippen LogP contribution is -2.36. The first-order chi connectivity index (χ1) is 10.1. The molecular formula is C16H17NO4. The number of aliphatic carboxylic acids is 1. The molecule has 1 unspecified atom stereocenters. The maximum atomic E-state index is 12.1. The zero-order valence-corrected chi connectivity index (χ0v) is 11.7. The summed E-state index contributed by atoms with van der Waals surface area (Å²) in [6.45, 7) is 1.79. The smallest absolute Gasteiger partial charge is 0.308 e. The van der Waals surface area contributed by atoms with Crippen LogP contribution in [0, 0.1) is 5.92 Å². The molecule has 2 aromatic rings. The van der Waals surface area contributed by atoms with Crippen molar-refractivity contribution in [3.63, 3.8) is 0 Å². The maximum Gasteiger partial charge on any atom is 0.308 e. The first-order valence-corrected chi connectivity index (χ1v) is 6.75. The molecule has 21 heavy (non-hydrogen) atoms. The van der Waals surface area contributed by atoms with Gasteiger partial charge in [-0.05, 0) is 24.1 Å². The topological polar surface area (TPSA) is 79.5 Å². The van der Waals surface area contributed by atoms with Gasteiger partial charge in [-0.3, -0.25) is 9.59 Å². The molecule has 0 spiro atoms. The third kappa shape index (κ3) is 3.51. The lowest BCUT2D eigenvalue weighted by Gasteiger charge is -2.24. The third-order valence-electron chi connectivity index (χ3n) is 3.35. The number of nitrogens with one attached hydrogen (secondary N) is 1. The normalized spacial score (nSPS) is 13.4. The van der Waals surface area contributed by atoms with E-state index >= 15 is 0 Å². The Kier molecular flexibility index (Phi) is 4.77. The molecule has 0 aliphatic carbocycles. The van der Waals surface area contributed by atoms with E-state index in [2.05, 4.69) is 5.32 Å². The molecule has 5 heteroatoms. The van der Waals surface area contributed by atoms with Crippen LogP contribution in [0.5, 0.6) is 0 Å². The molecule has 0 fully saturated rings. The van der Waals surface area contributed by atoms with Crippen LogP contribution in [0.4, 0.5) is 0 Å². The summed E-state index contributed by atoms with van der Waals surface area (Å²) in [5.74, 6) is -1.90. The first-order valence-electron chi connectivity index (χ1n) is 6.75. The molecule has 2 atom stereocenters. The molecule has 0 aliphatic rings. The van der Waals surface area contributed by atoms with Gasteiger partial charge in [-0.1, -0.05) is 37.3 Å². The van der Waals surface area contributed by atoms with Crippen LogP contribution in [0.15, 0.2) is 53.1 Å². The minimum absolute atomic E-state index is 0.163. The third-order valence-corrected chi connectivity index (χ3v) is 3.35. The Morgan fingerprint density at radius 3 is 2.43 bits per heavy atom.